The Hall–Kier alpha value is -4.12. The lowest BCUT2D eigenvalue weighted by molar-refractivity contribution is -0.140. The topological polar surface area (TPSA) is 105 Å². The van der Waals surface area contributed by atoms with Crippen molar-refractivity contribution in [2.45, 2.75) is 64.1 Å². The van der Waals surface area contributed by atoms with Crippen LogP contribution < -0.4 is 19.1 Å². The fourth-order valence-corrected chi connectivity index (χ4v) is 6.00. The van der Waals surface area contributed by atoms with E-state index in [2.05, 4.69) is 5.32 Å². The van der Waals surface area contributed by atoms with Gasteiger partial charge >= 0.3 is 0 Å². The summed E-state index contributed by atoms with van der Waals surface area (Å²) in [5.74, 6) is -0.971. The zero-order valence-electron chi connectivity index (χ0n) is 25.5. The fourth-order valence-electron chi connectivity index (χ4n) is 4.57. The van der Waals surface area contributed by atoms with Crippen molar-refractivity contribution in [3.05, 3.63) is 83.7 Å². The van der Waals surface area contributed by atoms with Gasteiger partial charge < -0.3 is 19.7 Å². The molecule has 0 saturated heterocycles. The van der Waals surface area contributed by atoms with Gasteiger partial charge in [0.05, 0.1) is 24.8 Å². The third-order valence-corrected chi connectivity index (χ3v) is 9.10. The number of methoxy groups -OCH3 is 2. The number of hydrogen-bond donors (Lipinski definition) is 1. The van der Waals surface area contributed by atoms with Crippen molar-refractivity contribution in [1.82, 2.24) is 10.2 Å². The van der Waals surface area contributed by atoms with Gasteiger partial charge in [0, 0.05) is 18.7 Å². The molecule has 0 fully saturated rings. The highest BCUT2D eigenvalue weighted by Gasteiger charge is 2.34. The van der Waals surface area contributed by atoms with Gasteiger partial charge in [-0.3, -0.25) is 13.9 Å². The summed E-state index contributed by atoms with van der Waals surface area (Å²) in [6, 6.07) is 15.4. The molecule has 0 aliphatic heterocycles. The highest BCUT2D eigenvalue weighted by molar-refractivity contribution is 7.92. The van der Waals surface area contributed by atoms with Crippen LogP contribution in [0.4, 0.5) is 10.1 Å². The lowest BCUT2D eigenvalue weighted by Gasteiger charge is -2.34. The predicted molar refractivity (Wildman–Crippen MR) is 164 cm³/mol. The lowest BCUT2D eigenvalue weighted by atomic mass is 10.1. The van der Waals surface area contributed by atoms with Gasteiger partial charge in [0.2, 0.25) is 11.8 Å². The highest BCUT2D eigenvalue weighted by Crippen LogP contribution is 2.32. The van der Waals surface area contributed by atoms with Crippen molar-refractivity contribution in [3.8, 4) is 11.5 Å². The number of nitrogens with zero attached hydrogens (tertiary/aromatic N) is 2. The van der Waals surface area contributed by atoms with E-state index in [4.69, 9.17) is 9.47 Å². The Labute approximate surface area is 253 Å². The van der Waals surface area contributed by atoms with Gasteiger partial charge in [-0.15, -0.1) is 0 Å². The molecule has 1 N–H and O–H groups in total. The first-order chi connectivity index (χ1) is 20.5. The van der Waals surface area contributed by atoms with Crippen LogP contribution in [0.5, 0.6) is 11.5 Å². The van der Waals surface area contributed by atoms with Crippen LogP contribution in [0.15, 0.2) is 71.6 Å². The number of hydrogen-bond acceptors (Lipinski definition) is 6. The number of anilines is 1. The summed E-state index contributed by atoms with van der Waals surface area (Å²) in [7, 11) is -1.57. The number of aryl methyl sites for hydroxylation is 1. The molecule has 0 spiro atoms. The van der Waals surface area contributed by atoms with Crippen molar-refractivity contribution < 1.29 is 31.9 Å². The maximum absolute atomic E-state index is 14.2. The molecule has 232 valence electrons. The molecule has 0 radical (unpaired) electrons. The zero-order chi connectivity index (χ0) is 31.7. The zero-order valence-corrected chi connectivity index (χ0v) is 26.3. The molecule has 0 unspecified atom stereocenters. The van der Waals surface area contributed by atoms with Crippen molar-refractivity contribution in [2.75, 3.05) is 25.1 Å². The Balaban J connectivity index is 2.10. The maximum Gasteiger partial charge on any atom is 0.264 e. The van der Waals surface area contributed by atoms with Crippen LogP contribution in [0, 0.1) is 12.7 Å². The number of sulfonamides is 1. The molecule has 3 rings (SSSR count). The average molecular weight is 614 g/mol. The highest BCUT2D eigenvalue weighted by atomic mass is 32.2. The van der Waals surface area contributed by atoms with Crippen LogP contribution >= 0.6 is 0 Å². The van der Waals surface area contributed by atoms with Crippen molar-refractivity contribution in [3.63, 3.8) is 0 Å². The van der Waals surface area contributed by atoms with Crippen molar-refractivity contribution in [1.29, 1.82) is 0 Å². The summed E-state index contributed by atoms with van der Waals surface area (Å²) < 4.78 is 53.5. The Morgan fingerprint density at radius 3 is 2.16 bits per heavy atom. The molecular formula is C32H40FN3O6S. The predicted octanol–water partition coefficient (Wildman–Crippen LogP) is 5.07. The minimum Gasteiger partial charge on any atom is -0.493 e. The second kappa shape index (κ2) is 14.9. The third-order valence-electron chi connectivity index (χ3n) is 7.33. The standard InChI is InChI=1S/C32H40FN3O6S/c1-7-23(4)34-32(38)28(8-2)35(20-24-12-10-9-11-22(24)3)31(37)21-36(26-15-13-25(33)14-16-26)43(39,40)27-17-18-29(41-5)30(19-27)42-6/h9-19,23,28H,7-8,20-21H2,1-6H3,(H,34,38)/t23-,28-/m0/s1. The van der Waals surface area contributed by atoms with E-state index in [-0.39, 0.29) is 34.8 Å². The Morgan fingerprint density at radius 1 is 0.930 bits per heavy atom. The summed E-state index contributed by atoms with van der Waals surface area (Å²) in [5, 5.41) is 2.96. The number of ether oxygens (including phenoxy) is 2. The maximum atomic E-state index is 14.2. The summed E-state index contributed by atoms with van der Waals surface area (Å²) in [6.45, 7) is 6.99. The molecule has 43 heavy (non-hydrogen) atoms. The van der Waals surface area contributed by atoms with Gasteiger partial charge in [0.1, 0.15) is 18.4 Å². The summed E-state index contributed by atoms with van der Waals surface area (Å²) in [6.07, 6.45) is 1.01. The van der Waals surface area contributed by atoms with E-state index in [1.54, 1.807) is 6.92 Å². The molecule has 3 aromatic rings. The number of nitrogens with one attached hydrogen (secondary N) is 1. The SMILES string of the molecule is CC[C@H](C)NC(=O)[C@H](CC)N(Cc1ccccc1C)C(=O)CN(c1ccc(F)cc1)S(=O)(=O)c1ccc(OC)c(OC)c1. The molecule has 11 heteroatoms. The Bertz CT molecular complexity index is 1510. The number of benzene rings is 3. The minimum absolute atomic E-state index is 0.0810. The molecule has 2 amide bonds. The van der Waals surface area contributed by atoms with E-state index in [1.807, 2.05) is 45.0 Å². The van der Waals surface area contributed by atoms with E-state index < -0.39 is 34.3 Å². The lowest BCUT2D eigenvalue weighted by Crippen LogP contribution is -2.53. The minimum atomic E-state index is -4.38. The second-order valence-electron chi connectivity index (χ2n) is 10.2. The molecule has 9 nitrogen and oxygen atoms in total. The van der Waals surface area contributed by atoms with Crippen LogP contribution in [0.25, 0.3) is 0 Å². The number of carbonyl (C=O) groups is 2. The van der Waals surface area contributed by atoms with Crippen LogP contribution in [0.2, 0.25) is 0 Å². The number of rotatable bonds is 14. The van der Waals surface area contributed by atoms with Crippen molar-refractivity contribution >= 4 is 27.5 Å². The van der Waals surface area contributed by atoms with E-state index >= 15 is 0 Å². The fraction of sp³-hybridized carbons (Fsp3) is 0.375. The molecule has 2 atom stereocenters. The monoisotopic (exact) mass is 613 g/mol. The normalized spacial score (nSPS) is 12.6. The first kappa shape index (κ1) is 33.4. The van der Waals surface area contributed by atoms with Gasteiger partial charge in [0.25, 0.3) is 10.0 Å². The van der Waals surface area contributed by atoms with E-state index in [1.165, 1.54) is 49.5 Å². The molecule has 0 saturated carbocycles. The molecule has 3 aromatic carbocycles. The molecule has 0 aromatic heterocycles. The van der Waals surface area contributed by atoms with Gasteiger partial charge in [-0.25, -0.2) is 12.8 Å². The van der Waals surface area contributed by atoms with Crippen LogP contribution in [-0.4, -0.2) is 58.0 Å². The summed E-state index contributed by atoms with van der Waals surface area (Å²) in [5.41, 5.74) is 1.82. The van der Waals surface area contributed by atoms with Crippen LogP contribution in [0.1, 0.15) is 44.7 Å². The largest absolute Gasteiger partial charge is 0.493 e. The number of carbonyl (C=O) groups excluding carboxylic acids is 2. The van der Waals surface area contributed by atoms with Gasteiger partial charge in [-0.2, -0.15) is 0 Å². The number of amides is 2. The van der Waals surface area contributed by atoms with E-state index in [0.29, 0.717) is 18.6 Å². The molecular weight excluding hydrogens is 573 g/mol. The molecule has 0 heterocycles. The van der Waals surface area contributed by atoms with E-state index in [0.717, 1.165) is 27.6 Å². The number of halogens is 1. The van der Waals surface area contributed by atoms with Gasteiger partial charge in [0.15, 0.2) is 11.5 Å². The Morgan fingerprint density at radius 2 is 1.58 bits per heavy atom. The van der Waals surface area contributed by atoms with E-state index in [9.17, 15) is 22.4 Å². The van der Waals surface area contributed by atoms with Gasteiger partial charge in [-0.05, 0) is 74.2 Å². The Kier molecular flexibility index (Phi) is 11.5. The molecule has 0 bridgehead atoms. The smallest absolute Gasteiger partial charge is 0.264 e. The second-order valence-corrected chi connectivity index (χ2v) is 12.1. The van der Waals surface area contributed by atoms with Gasteiger partial charge in [-0.1, -0.05) is 38.1 Å². The summed E-state index contributed by atoms with van der Waals surface area (Å²) >= 11 is 0. The quantitative estimate of drug-likeness (QED) is 0.272. The van der Waals surface area contributed by atoms with Crippen LogP contribution in [-0.2, 0) is 26.2 Å². The average Bonchev–Trinajstić information content (AvgIpc) is 3.00. The van der Waals surface area contributed by atoms with Crippen LogP contribution in [0.3, 0.4) is 0 Å². The first-order valence-corrected chi connectivity index (χ1v) is 15.5. The van der Waals surface area contributed by atoms with Crippen molar-refractivity contribution in [2.24, 2.45) is 0 Å². The molecule has 0 aliphatic carbocycles. The summed E-state index contributed by atoms with van der Waals surface area (Å²) in [4.78, 5) is 28.9. The first-order valence-electron chi connectivity index (χ1n) is 14.1. The third kappa shape index (κ3) is 8.04. The molecule has 0 aliphatic rings.